The summed E-state index contributed by atoms with van der Waals surface area (Å²) in [5.74, 6) is 0. The SMILES string of the molecule is OCCNC1=N[C@@H]2C(O[C@H](CO)[C@@H](O)[C@@H]2O)S1. The van der Waals surface area contributed by atoms with Gasteiger partial charge in [0.05, 0.1) is 13.2 Å². The Balaban J connectivity index is 2.01. The number of aliphatic imine (C=N–C) groups is 1. The molecule has 0 bridgehead atoms. The van der Waals surface area contributed by atoms with E-state index < -0.39 is 29.8 Å². The minimum atomic E-state index is -1.14. The van der Waals surface area contributed by atoms with Crippen molar-refractivity contribution < 1.29 is 25.2 Å². The standard InChI is InChI=1S/C9H16N2O5S/c12-2-1-10-9-11-5-7(15)6(14)4(3-13)16-8(5)17-9/h4-8,12-15H,1-3H2,(H,10,11)/t4-,5+,6-,7-,8?/m1/s1. The number of nitrogens with one attached hydrogen (secondary N) is 1. The molecule has 2 rings (SSSR count). The molecule has 2 aliphatic heterocycles. The summed E-state index contributed by atoms with van der Waals surface area (Å²) in [5.41, 5.74) is -0.410. The summed E-state index contributed by atoms with van der Waals surface area (Å²) in [6, 6.07) is -0.543. The smallest absolute Gasteiger partial charge is 0.159 e. The van der Waals surface area contributed by atoms with E-state index in [1.165, 1.54) is 11.8 Å². The Morgan fingerprint density at radius 2 is 2.06 bits per heavy atom. The minimum Gasteiger partial charge on any atom is -0.395 e. The molecule has 0 aliphatic carbocycles. The highest BCUT2D eigenvalue weighted by Gasteiger charge is 2.47. The van der Waals surface area contributed by atoms with Crippen molar-refractivity contribution >= 4 is 16.9 Å². The van der Waals surface area contributed by atoms with Gasteiger partial charge >= 0.3 is 0 Å². The highest BCUT2D eigenvalue weighted by atomic mass is 32.2. The van der Waals surface area contributed by atoms with Crippen LogP contribution < -0.4 is 5.32 Å². The van der Waals surface area contributed by atoms with Crippen LogP contribution in [0.25, 0.3) is 0 Å². The number of ether oxygens (including phenoxy) is 1. The van der Waals surface area contributed by atoms with Gasteiger partial charge in [-0.3, -0.25) is 4.99 Å². The third-order valence-corrected chi connectivity index (χ3v) is 3.83. The Bertz CT molecular complexity index is 303. The highest BCUT2D eigenvalue weighted by Crippen LogP contribution is 2.35. The monoisotopic (exact) mass is 264 g/mol. The highest BCUT2D eigenvalue weighted by molar-refractivity contribution is 8.14. The van der Waals surface area contributed by atoms with Gasteiger partial charge in [0.15, 0.2) is 5.17 Å². The summed E-state index contributed by atoms with van der Waals surface area (Å²) >= 11 is 1.28. The van der Waals surface area contributed by atoms with Crippen LogP contribution in [-0.4, -0.2) is 75.1 Å². The first kappa shape index (κ1) is 13.1. The van der Waals surface area contributed by atoms with Crippen LogP contribution in [0, 0.1) is 0 Å². The normalized spacial score (nSPS) is 40.9. The second kappa shape index (κ2) is 5.51. The molecule has 0 saturated carbocycles. The molecule has 1 fully saturated rings. The first-order valence-electron chi connectivity index (χ1n) is 5.39. The van der Waals surface area contributed by atoms with Crippen LogP contribution in [0.5, 0.6) is 0 Å². The molecule has 17 heavy (non-hydrogen) atoms. The van der Waals surface area contributed by atoms with Crippen molar-refractivity contribution in [1.82, 2.24) is 5.32 Å². The van der Waals surface area contributed by atoms with Gasteiger partial charge in [-0.05, 0) is 0 Å². The van der Waals surface area contributed by atoms with E-state index in [-0.39, 0.29) is 13.2 Å². The van der Waals surface area contributed by atoms with Crippen molar-refractivity contribution in [1.29, 1.82) is 0 Å². The third-order valence-electron chi connectivity index (χ3n) is 2.73. The van der Waals surface area contributed by atoms with E-state index in [9.17, 15) is 10.2 Å². The van der Waals surface area contributed by atoms with Crippen LogP contribution >= 0.6 is 11.8 Å². The number of aliphatic hydroxyl groups is 4. The number of fused-ring (bicyclic) bond motifs is 1. The Labute approximate surface area is 103 Å². The molecule has 8 heteroatoms. The molecular formula is C9H16N2O5S. The largest absolute Gasteiger partial charge is 0.395 e. The quantitative estimate of drug-likeness (QED) is 0.382. The molecule has 98 valence electrons. The van der Waals surface area contributed by atoms with Gasteiger partial charge in [-0.2, -0.15) is 0 Å². The zero-order chi connectivity index (χ0) is 12.4. The molecular weight excluding hydrogens is 248 g/mol. The fourth-order valence-electron chi connectivity index (χ4n) is 1.83. The van der Waals surface area contributed by atoms with E-state index in [1.807, 2.05) is 0 Å². The maximum Gasteiger partial charge on any atom is 0.159 e. The first-order chi connectivity index (χ1) is 8.17. The summed E-state index contributed by atoms with van der Waals surface area (Å²) in [7, 11) is 0. The van der Waals surface area contributed by atoms with E-state index in [0.29, 0.717) is 11.7 Å². The molecule has 5 N–H and O–H groups in total. The average molecular weight is 264 g/mol. The molecule has 0 aromatic carbocycles. The average Bonchev–Trinajstić information content (AvgIpc) is 2.74. The fraction of sp³-hybridized carbons (Fsp3) is 0.889. The van der Waals surface area contributed by atoms with E-state index in [1.54, 1.807) is 0 Å². The van der Waals surface area contributed by atoms with Gasteiger partial charge < -0.3 is 30.5 Å². The van der Waals surface area contributed by atoms with Gasteiger partial charge in [0.2, 0.25) is 0 Å². The minimum absolute atomic E-state index is 0.0137. The number of thioether (sulfide) groups is 1. The number of aliphatic hydroxyl groups excluding tert-OH is 4. The van der Waals surface area contributed by atoms with Gasteiger partial charge in [0.25, 0.3) is 0 Å². The van der Waals surface area contributed by atoms with Crippen molar-refractivity contribution in [3.05, 3.63) is 0 Å². The predicted octanol–water partition coefficient (Wildman–Crippen LogP) is -2.52. The van der Waals surface area contributed by atoms with E-state index >= 15 is 0 Å². The van der Waals surface area contributed by atoms with E-state index in [2.05, 4.69) is 10.3 Å². The Morgan fingerprint density at radius 3 is 2.71 bits per heavy atom. The number of hydrogen-bond acceptors (Lipinski definition) is 8. The van der Waals surface area contributed by atoms with Crippen molar-refractivity contribution in [2.75, 3.05) is 19.8 Å². The second-order valence-corrected chi connectivity index (χ2v) is 4.99. The molecule has 2 heterocycles. The predicted molar refractivity (Wildman–Crippen MR) is 61.7 cm³/mol. The van der Waals surface area contributed by atoms with E-state index in [4.69, 9.17) is 14.9 Å². The summed E-state index contributed by atoms with van der Waals surface area (Å²) in [6.07, 6.45) is -2.97. The lowest BCUT2D eigenvalue weighted by Gasteiger charge is -2.37. The van der Waals surface area contributed by atoms with Gasteiger partial charge in [-0.25, -0.2) is 0 Å². The van der Waals surface area contributed by atoms with Gasteiger partial charge in [0, 0.05) is 6.54 Å². The lowest BCUT2D eigenvalue weighted by atomic mass is 9.99. The number of amidine groups is 1. The second-order valence-electron chi connectivity index (χ2n) is 3.90. The maximum absolute atomic E-state index is 9.85. The van der Waals surface area contributed by atoms with Crippen molar-refractivity contribution in [2.45, 2.75) is 29.8 Å². The number of rotatable bonds is 3. The maximum atomic E-state index is 9.85. The van der Waals surface area contributed by atoms with Crippen molar-refractivity contribution in [3.63, 3.8) is 0 Å². The fourth-order valence-corrected chi connectivity index (χ4v) is 2.98. The zero-order valence-corrected chi connectivity index (χ0v) is 9.88. The van der Waals surface area contributed by atoms with Gasteiger partial charge in [-0.15, -0.1) is 0 Å². The first-order valence-corrected chi connectivity index (χ1v) is 6.27. The Morgan fingerprint density at radius 1 is 1.29 bits per heavy atom. The molecule has 7 nitrogen and oxygen atoms in total. The summed E-state index contributed by atoms with van der Waals surface area (Å²) < 4.78 is 5.44. The van der Waals surface area contributed by atoms with E-state index in [0.717, 1.165) is 0 Å². The lowest BCUT2D eigenvalue weighted by molar-refractivity contribution is -0.164. The molecule has 5 atom stereocenters. The molecule has 0 radical (unpaired) electrons. The summed E-state index contributed by atoms with van der Waals surface area (Å²) in [4.78, 5) is 4.19. The summed E-state index contributed by atoms with van der Waals surface area (Å²) in [6.45, 7) is 0.00890. The van der Waals surface area contributed by atoms with Gasteiger partial charge in [-0.1, -0.05) is 11.8 Å². The topological polar surface area (TPSA) is 115 Å². The molecule has 1 unspecified atom stereocenters. The van der Waals surface area contributed by atoms with Crippen molar-refractivity contribution in [2.24, 2.45) is 4.99 Å². The van der Waals surface area contributed by atoms with Crippen LogP contribution in [0.15, 0.2) is 4.99 Å². The lowest BCUT2D eigenvalue weighted by Crippen LogP contribution is -2.55. The summed E-state index contributed by atoms with van der Waals surface area (Å²) in [5, 5.41) is 40.7. The molecule has 0 amide bonds. The molecule has 0 spiro atoms. The zero-order valence-electron chi connectivity index (χ0n) is 9.06. The molecule has 1 saturated heterocycles. The molecule has 2 aliphatic rings. The third kappa shape index (κ3) is 2.56. The number of nitrogens with zero attached hydrogens (tertiary/aromatic N) is 1. The molecule has 0 aromatic heterocycles. The Hall–Kier alpha value is -0.380. The van der Waals surface area contributed by atoms with Crippen LogP contribution in [0.3, 0.4) is 0 Å². The molecule has 0 aromatic rings. The van der Waals surface area contributed by atoms with Crippen LogP contribution in [0.4, 0.5) is 0 Å². The van der Waals surface area contributed by atoms with Crippen LogP contribution in [-0.2, 0) is 4.74 Å². The van der Waals surface area contributed by atoms with Crippen LogP contribution in [0.1, 0.15) is 0 Å². The Kier molecular flexibility index (Phi) is 4.23. The number of hydrogen-bond donors (Lipinski definition) is 5. The van der Waals surface area contributed by atoms with Crippen molar-refractivity contribution in [3.8, 4) is 0 Å². The van der Waals surface area contributed by atoms with Gasteiger partial charge in [0.1, 0.15) is 29.8 Å². The van der Waals surface area contributed by atoms with Crippen LogP contribution in [0.2, 0.25) is 0 Å².